The first kappa shape index (κ1) is 22.4. The Morgan fingerprint density at radius 2 is 1.88 bits per heavy atom. The van der Waals surface area contributed by atoms with Gasteiger partial charge in [-0.2, -0.15) is 0 Å². The van der Waals surface area contributed by atoms with Crippen molar-refractivity contribution < 1.29 is 14.3 Å². The molecule has 1 aromatic heterocycles. The molecule has 0 atom stereocenters. The maximum atomic E-state index is 13.0. The van der Waals surface area contributed by atoms with Crippen LogP contribution < -0.4 is 30.6 Å². The molecule has 1 aliphatic heterocycles. The Morgan fingerprint density at radius 1 is 1.12 bits per heavy atom. The molecule has 33 heavy (non-hydrogen) atoms. The third-order valence-electron chi connectivity index (χ3n) is 5.94. The molecule has 0 aliphatic carbocycles. The van der Waals surface area contributed by atoms with Crippen molar-refractivity contribution in [2.75, 3.05) is 37.5 Å². The summed E-state index contributed by atoms with van der Waals surface area (Å²) in [7, 11) is 3.12. The number of aryl methyl sites for hydroxylation is 1. The van der Waals surface area contributed by atoms with Gasteiger partial charge in [-0.05, 0) is 44.0 Å². The number of piperidine rings is 1. The molecule has 2 heterocycles. The maximum Gasteiger partial charge on any atom is 0.319 e. The molecular weight excluding hydrogens is 422 g/mol. The number of anilines is 2. The normalized spacial score (nSPS) is 14.2. The number of hydrogen-bond donors (Lipinski definition) is 2. The van der Waals surface area contributed by atoms with Crippen LogP contribution in [-0.2, 0) is 6.54 Å². The van der Waals surface area contributed by atoms with Crippen LogP contribution in [-0.4, -0.2) is 48.9 Å². The van der Waals surface area contributed by atoms with Crippen LogP contribution in [0.15, 0.2) is 47.3 Å². The predicted molar refractivity (Wildman–Crippen MR) is 129 cm³/mol. The molecule has 2 amide bonds. The molecule has 1 saturated heterocycles. The van der Waals surface area contributed by atoms with Crippen molar-refractivity contribution in [1.29, 1.82) is 0 Å². The van der Waals surface area contributed by atoms with Crippen molar-refractivity contribution in [3.8, 4) is 11.5 Å². The van der Waals surface area contributed by atoms with Crippen LogP contribution in [0.4, 0.5) is 16.3 Å². The second kappa shape index (κ2) is 9.81. The fraction of sp³-hybridized carbons (Fsp3) is 0.375. The Hall–Kier alpha value is -3.75. The number of fused-ring (bicyclic) bond motifs is 1. The monoisotopic (exact) mass is 451 g/mol. The van der Waals surface area contributed by atoms with Gasteiger partial charge in [-0.1, -0.05) is 12.1 Å². The summed E-state index contributed by atoms with van der Waals surface area (Å²) in [5, 5.41) is 5.85. The summed E-state index contributed by atoms with van der Waals surface area (Å²) in [4.78, 5) is 32.3. The number of carbonyl (C=O) groups excluding carboxylic acids is 1. The molecule has 0 saturated carbocycles. The largest absolute Gasteiger partial charge is 0.497 e. The van der Waals surface area contributed by atoms with Crippen LogP contribution in [0.5, 0.6) is 11.5 Å². The van der Waals surface area contributed by atoms with Gasteiger partial charge in [-0.25, -0.2) is 9.78 Å². The Labute approximate surface area is 192 Å². The molecule has 1 aliphatic rings. The molecular formula is C24H29N5O4. The number of ether oxygens (including phenoxy) is 2. The third kappa shape index (κ3) is 4.72. The Bertz CT molecular complexity index is 1200. The van der Waals surface area contributed by atoms with E-state index in [9.17, 15) is 9.59 Å². The zero-order chi connectivity index (χ0) is 23.4. The lowest BCUT2D eigenvalue weighted by Gasteiger charge is -2.33. The van der Waals surface area contributed by atoms with E-state index in [1.165, 1.54) is 0 Å². The molecule has 4 rings (SSSR count). The average molecular weight is 452 g/mol. The molecule has 0 spiro atoms. The van der Waals surface area contributed by atoms with E-state index in [0.29, 0.717) is 55.5 Å². The predicted octanol–water partition coefficient (Wildman–Crippen LogP) is 3.22. The van der Waals surface area contributed by atoms with Crippen LogP contribution in [0, 0.1) is 0 Å². The van der Waals surface area contributed by atoms with Gasteiger partial charge in [-0.3, -0.25) is 4.79 Å². The lowest BCUT2D eigenvalue weighted by Crippen LogP contribution is -2.47. The minimum Gasteiger partial charge on any atom is -0.497 e. The molecule has 2 aromatic carbocycles. The molecule has 174 valence electrons. The highest BCUT2D eigenvalue weighted by Crippen LogP contribution is 2.29. The van der Waals surface area contributed by atoms with Crippen molar-refractivity contribution in [2.24, 2.45) is 0 Å². The number of nitrogens with one attached hydrogen (secondary N) is 2. The van der Waals surface area contributed by atoms with Gasteiger partial charge in [0.25, 0.3) is 5.56 Å². The summed E-state index contributed by atoms with van der Waals surface area (Å²) >= 11 is 0. The van der Waals surface area contributed by atoms with Gasteiger partial charge in [0.1, 0.15) is 11.5 Å². The number of methoxy groups -OCH3 is 2. The van der Waals surface area contributed by atoms with Gasteiger partial charge in [0.05, 0.1) is 30.9 Å². The van der Waals surface area contributed by atoms with Gasteiger partial charge in [0.15, 0.2) is 5.82 Å². The van der Waals surface area contributed by atoms with E-state index in [2.05, 4.69) is 15.6 Å². The summed E-state index contributed by atoms with van der Waals surface area (Å²) in [5.41, 5.74) is 2.11. The van der Waals surface area contributed by atoms with E-state index in [0.717, 1.165) is 11.0 Å². The fourth-order valence-corrected chi connectivity index (χ4v) is 4.19. The first-order chi connectivity index (χ1) is 16.0. The van der Waals surface area contributed by atoms with Gasteiger partial charge < -0.3 is 29.6 Å². The number of para-hydroxylation sites is 2. The van der Waals surface area contributed by atoms with Crippen molar-refractivity contribution in [1.82, 2.24) is 14.9 Å². The first-order valence-electron chi connectivity index (χ1n) is 11.1. The van der Waals surface area contributed by atoms with Crippen LogP contribution in [0.25, 0.3) is 11.0 Å². The van der Waals surface area contributed by atoms with E-state index in [4.69, 9.17) is 9.47 Å². The second-order valence-electron chi connectivity index (χ2n) is 7.90. The Kier molecular flexibility index (Phi) is 6.67. The highest BCUT2D eigenvalue weighted by molar-refractivity contribution is 5.91. The molecule has 3 aromatic rings. The summed E-state index contributed by atoms with van der Waals surface area (Å²) in [6.07, 6.45) is 1.42. The van der Waals surface area contributed by atoms with Crippen LogP contribution in [0.2, 0.25) is 0 Å². The van der Waals surface area contributed by atoms with Crippen molar-refractivity contribution in [3.05, 3.63) is 52.8 Å². The summed E-state index contributed by atoms with van der Waals surface area (Å²) < 4.78 is 12.3. The summed E-state index contributed by atoms with van der Waals surface area (Å²) in [6.45, 7) is 3.82. The summed E-state index contributed by atoms with van der Waals surface area (Å²) in [6, 6.07) is 12.6. The number of rotatable bonds is 6. The molecule has 9 heteroatoms. The highest BCUT2D eigenvalue weighted by Gasteiger charge is 2.24. The molecule has 0 bridgehead atoms. The van der Waals surface area contributed by atoms with E-state index >= 15 is 0 Å². The number of amides is 2. The number of carbonyl (C=O) groups is 1. The second-order valence-corrected chi connectivity index (χ2v) is 7.90. The van der Waals surface area contributed by atoms with Crippen LogP contribution in [0.1, 0.15) is 19.8 Å². The number of aromatic nitrogens is 2. The maximum absolute atomic E-state index is 13.0. The van der Waals surface area contributed by atoms with E-state index in [-0.39, 0.29) is 17.6 Å². The minimum atomic E-state index is -0.308. The lowest BCUT2D eigenvalue weighted by molar-refractivity contribution is 0.245. The number of urea groups is 1. The van der Waals surface area contributed by atoms with Gasteiger partial charge in [0, 0.05) is 31.7 Å². The number of benzene rings is 2. The molecule has 2 N–H and O–H groups in total. The smallest absolute Gasteiger partial charge is 0.319 e. The first-order valence-corrected chi connectivity index (χ1v) is 11.1. The topological polar surface area (TPSA) is 97.7 Å². The quantitative estimate of drug-likeness (QED) is 0.597. The molecule has 9 nitrogen and oxygen atoms in total. The zero-order valence-electron chi connectivity index (χ0n) is 19.1. The third-order valence-corrected chi connectivity index (χ3v) is 5.94. The van der Waals surface area contributed by atoms with Crippen molar-refractivity contribution in [2.45, 2.75) is 32.4 Å². The molecule has 1 fully saturated rings. The van der Waals surface area contributed by atoms with Gasteiger partial charge >= 0.3 is 6.03 Å². The van der Waals surface area contributed by atoms with Gasteiger partial charge in [0.2, 0.25) is 0 Å². The SMILES string of the molecule is CCn1c(=O)c(N2CCC(NC(=O)Nc3cc(OC)ccc3OC)CC2)nc2ccccc21. The summed E-state index contributed by atoms with van der Waals surface area (Å²) in [5.74, 6) is 1.65. The van der Waals surface area contributed by atoms with Crippen LogP contribution in [0.3, 0.4) is 0 Å². The highest BCUT2D eigenvalue weighted by atomic mass is 16.5. The molecule has 0 unspecified atom stereocenters. The number of nitrogens with zero attached hydrogens (tertiary/aromatic N) is 3. The van der Waals surface area contributed by atoms with Crippen molar-refractivity contribution >= 4 is 28.6 Å². The van der Waals surface area contributed by atoms with Gasteiger partial charge in [-0.15, -0.1) is 0 Å². The minimum absolute atomic E-state index is 0.00768. The average Bonchev–Trinajstić information content (AvgIpc) is 2.84. The molecule has 0 radical (unpaired) electrons. The zero-order valence-corrected chi connectivity index (χ0v) is 19.1. The van der Waals surface area contributed by atoms with Crippen molar-refractivity contribution in [3.63, 3.8) is 0 Å². The standard InChI is InChI=1S/C24H29N5O4/c1-4-29-20-8-6-5-7-18(20)26-22(23(29)30)28-13-11-16(12-14-28)25-24(31)27-19-15-17(32-2)9-10-21(19)33-3/h5-10,15-16H,4,11-14H2,1-3H3,(H2,25,27,31). The van der Waals surface area contributed by atoms with E-state index in [1.54, 1.807) is 37.0 Å². The van der Waals surface area contributed by atoms with Crippen LogP contribution >= 0.6 is 0 Å². The van der Waals surface area contributed by atoms with E-state index < -0.39 is 0 Å². The van der Waals surface area contributed by atoms with E-state index in [1.807, 2.05) is 36.1 Å². The Morgan fingerprint density at radius 3 is 2.58 bits per heavy atom. The Balaban J connectivity index is 1.41. The lowest BCUT2D eigenvalue weighted by atomic mass is 10.1. The number of hydrogen-bond acceptors (Lipinski definition) is 6. The fourth-order valence-electron chi connectivity index (χ4n) is 4.19.